The fourth-order valence-corrected chi connectivity index (χ4v) is 2.75. The van der Waals surface area contributed by atoms with Crippen LogP contribution in [0, 0.1) is 6.92 Å². The molecule has 0 aliphatic carbocycles. The van der Waals surface area contributed by atoms with E-state index in [1.165, 1.54) is 22.4 Å². The summed E-state index contributed by atoms with van der Waals surface area (Å²) in [6, 6.07) is 15.5. The molecule has 1 unspecified atom stereocenters. The molecule has 0 fully saturated rings. The molecular formula is C18H22BrN. The van der Waals surface area contributed by atoms with Gasteiger partial charge in [0.1, 0.15) is 0 Å². The predicted octanol–water partition coefficient (Wildman–Crippen LogP) is 6.05. The Bertz CT molecular complexity index is 572. The molecule has 1 atom stereocenters. The highest BCUT2D eigenvalue weighted by Crippen LogP contribution is 2.25. The van der Waals surface area contributed by atoms with E-state index in [0.717, 1.165) is 4.47 Å². The van der Waals surface area contributed by atoms with Gasteiger partial charge in [-0.3, -0.25) is 0 Å². The van der Waals surface area contributed by atoms with Crippen molar-refractivity contribution in [3.8, 4) is 0 Å². The maximum Gasteiger partial charge on any atom is 0.0485 e. The van der Waals surface area contributed by atoms with Crippen LogP contribution in [0.1, 0.15) is 49.4 Å². The first-order chi connectivity index (χ1) is 9.47. The van der Waals surface area contributed by atoms with E-state index in [1.807, 2.05) is 0 Å². The lowest BCUT2D eigenvalue weighted by molar-refractivity contribution is 0.851. The van der Waals surface area contributed by atoms with Crippen LogP contribution < -0.4 is 5.32 Å². The first kappa shape index (κ1) is 15.1. The van der Waals surface area contributed by atoms with E-state index in [0.29, 0.717) is 12.0 Å². The molecule has 2 rings (SSSR count). The molecule has 0 bridgehead atoms. The van der Waals surface area contributed by atoms with Crippen molar-refractivity contribution in [2.75, 3.05) is 5.32 Å². The molecule has 0 radical (unpaired) electrons. The van der Waals surface area contributed by atoms with Gasteiger partial charge in [0.25, 0.3) is 0 Å². The molecule has 1 nitrogen and oxygen atoms in total. The second-order valence-corrected chi connectivity index (χ2v) is 6.56. The number of benzene rings is 2. The lowest BCUT2D eigenvalue weighted by Crippen LogP contribution is -2.07. The van der Waals surface area contributed by atoms with Gasteiger partial charge in [-0.15, -0.1) is 0 Å². The van der Waals surface area contributed by atoms with Gasteiger partial charge < -0.3 is 5.32 Å². The minimum absolute atomic E-state index is 0.302. The highest BCUT2D eigenvalue weighted by molar-refractivity contribution is 9.10. The number of rotatable bonds is 4. The molecule has 2 aromatic rings. The molecule has 0 amide bonds. The van der Waals surface area contributed by atoms with E-state index in [4.69, 9.17) is 0 Å². The summed E-state index contributed by atoms with van der Waals surface area (Å²) in [5.41, 5.74) is 5.15. The van der Waals surface area contributed by atoms with Gasteiger partial charge in [0.2, 0.25) is 0 Å². The van der Waals surface area contributed by atoms with E-state index >= 15 is 0 Å². The summed E-state index contributed by atoms with van der Waals surface area (Å²) >= 11 is 3.50. The van der Waals surface area contributed by atoms with E-state index in [9.17, 15) is 0 Å². The number of aryl methyl sites for hydroxylation is 1. The highest BCUT2D eigenvalue weighted by Gasteiger charge is 2.08. The third-order valence-corrected chi connectivity index (χ3v) is 4.16. The Morgan fingerprint density at radius 3 is 2.05 bits per heavy atom. The largest absolute Gasteiger partial charge is 0.378 e. The average Bonchev–Trinajstić information content (AvgIpc) is 2.42. The van der Waals surface area contributed by atoms with Crippen LogP contribution in [-0.2, 0) is 0 Å². The average molecular weight is 332 g/mol. The normalized spacial score (nSPS) is 12.5. The zero-order valence-electron chi connectivity index (χ0n) is 12.6. The van der Waals surface area contributed by atoms with Crippen molar-refractivity contribution in [1.82, 2.24) is 0 Å². The van der Waals surface area contributed by atoms with E-state index < -0.39 is 0 Å². The molecule has 2 aromatic carbocycles. The Morgan fingerprint density at radius 2 is 1.50 bits per heavy atom. The summed E-state index contributed by atoms with van der Waals surface area (Å²) < 4.78 is 1.12. The van der Waals surface area contributed by atoms with E-state index in [-0.39, 0.29) is 0 Å². The van der Waals surface area contributed by atoms with Gasteiger partial charge in [-0.1, -0.05) is 54.0 Å². The first-order valence-electron chi connectivity index (χ1n) is 7.10. The van der Waals surface area contributed by atoms with E-state index in [1.54, 1.807) is 0 Å². The van der Waals surface area contributed by atoms with Crippen molar-refractivity contribution in [3.63, 3.8) is 0 Å². The molecule has 20 heavy (non-hydrogen) atoms. The third kappa shape index (κ3) is 3.63. The van der Waals surface area contributed by atoms with Crippen LogP contribution >= 0.6 is 15.9 Å². The summed E-state index contributed by atoms with van der Waals surface area (Å²) in [5, 5.41) is 3.58. The maximum absolute atomic E-state index is 3.58. The minimum Gasteiger partial charge on any atom is -0.378 e. The zero-order valence-corrected chi connectivity index (χ0v) is 14.2. The van der Waals surface area contributed by atoms with Gasteiger partial charge in [0, 0.05) is 16.2 Å². The standard InChI is InChI=1S/C18H22BrN/c1-12(2)15-5-7-16(8-6-15)14(4)20-18-10-9-17(19)11-13(18)3/h5-12,14,20H,1-4H3. The van der Waals surface area contributed by atoms with Crippen molar-refractivity contribution >= 4 is 21.6 Å². The number of hydrogen-bond acceptors (Lipinski definition) is 1. The fraction of sp³-hybridized carbons (Fsp3) is 0.333. The van der Waals surface area contributed by atoms with Gasteiger partial charge in [-0.05, 0) is 54.7 Å². The van der Waals surface area contributed by atoms with E-state index in [2.05, 4.69) is 91.4 Å². The van der Waals surface area contributed by atoms with Crippen molar-refractivity contribution in [1.29, 1.82) is 0 Å². The Morgan fingerprint density at radius 1 is 0.900 bits per heavy atom. The molecule has 0 saturated carbocycles. The number of anilines is 1. The number of hydrogen-bond donors (Lipinski definition) is 1. The summed E-state index contributed by atoms with van der Waals surface area (Å²) in [6.07, 6.45) is 0. The Kier molecular flexibility index (Phi) is 4.87. The van der Waals surface area contributed by atoms with Crippen molar-refractivity contribution in [2.45, 2.75) is 39.7 Å². The fourth-order valence-electron chi connectivity index (χ4n) is 2.28. The molecule has 0 aromatic heterocycles. The Balaban J connectivity index is 2.13. The summed E-state index contributed by atoms with van der Waals surface area (Å²) in [5.74, 6) is 0.584. The van der Waals surface area contributed by atoms with Crippen molar-refractivity contribution in [2.24, 2.45) is 0 Å². The smallest absolute Gasteiger partial charge is 0.0485 e. The monoisotopic (exact) mass is 331 g/mol. The molecule has 0 aliphatic rings. The summed E-state index contributed by atoms with van der Waals surface area (Å²) in [6.45, 7) is 8.78. The lowest BCUT2D eigenvalue weighted by Gasteiger charge is -2.18. The number of halogens is 1. The third-order valence-electron chi connectivity index (χ3n) is 3.66. The molecule has 106 valence electrons. The van der Waals surface area contributed by atoms with Crippen LogP contribution in [0.4, 0.5) is 5.69 Å². The van der Waals surface area contributed by atoms with Crippen LogP contribution in [0.3, 0.4) is 0 Å². The molecule has 0 saturated heterocycles. The lowest BCUT2D eigenvalue weighted by atomic mass is 9.99. The predicted molar refractivity (Wildman–Crippen MR) is 91.4 cm³/mol. The molecule has 2 heteroatoms. The van der Waals surface area contributed by atoms with Crippen LogP contribution in [0.5, 0.6) is 0 Å². The second-order valence-electron chi connectivity index (χ2n) is 5.65. The van der Waals surface area contributed by atoms with Crippen LogP contribution in [0.25, 0.3) is 0 Å². The van der Waals surface area contributed by atoms with Crippen molar-refractivity contribution < 1.29 is 0 Å². The molecule has 0 aliphatic heterocycles. The quantitative estimate of drug-likeness (QED) is 0.718. The van der Waals surface area contributed by atoms with Gasteiger partial charge in [-0.2, -0.15) is 0 Å². The summed E-state index contributed by atoms with van der Waals surface area (Å²) in [4.78, 5) is 0. The Labute approximate surface area is 130 Å². The van der Waals surface area contributed by atoms with Gasteiger partial charge in [0.05, 0.1) is 0 Å². The second kappa shape index (κ2) is 6.45. The topological polar surface area (TPSA) is 12.0 Å². The minimum atomic E-state index is 0.302. The Hall–Kier alpha value is -1.28. The van der Waals surface area contributed by atoms with Gasteiger partial charge >= 0.3 is 0 Å². The first-order valence-corrected chi connectivity index (χ1v) is 7.89. The molecule has 0 heterocycles. The number of nitrogens with one attached hydrogen (secondary N) is 1. The van der Waals surface area contributed by atoms with Crippen molar-refractivity contribution in [3.05, 3.63) is 63.6 Å². The SMILES string of the molecule is Cc1cc(Br)ccc1NC(C)c1ccc(C(C)C)cc1. The molecule has 1 N–H and O–H groups in total. The van der Waals surface area contributed by atoms with Gasteiger partial charge in [-0.25, -0.2) is 0 Å². The van der Waals surface area contributed by atoms with Gasteiger partial charge in [0.15, 0.2) is 0 Å². The van der Waals surface area contributed by atoms with Crippen LogP contribution in [0.2, 0.25) is 0 Å². The molecule has 0 spiro atoms. The summed E-state index contributed by atoms with van der Waals surface area (Å²) in [7, 11) is 0. The zero-order chi connectivity index (χ0) is 14.7. The maximum atomic E-state index is 3.58. The van der Waals surface area contributed by atoms with Crippen LogP contribution in [0.15, 0.2) is 46.9 Å². The molecular weight excluding hydrogens is 310 g/mol. The highest BCUT2D eigenvalue weighted by atomic mass is 79.9. The van der Waals surface area contributed by atoms with Crippen LogP contribution in [-0.4, -0.2) is 0 Å².